The number of hydrogen-bond donors (Lipinski definition) is 1. The number of aryl methyl sites for hydroxylation is 1. The van der Waals surface area contributed by atoms with Gasteiger partial charge in [0.15, 0.2) is 13.9 Å². The summed E-state index contributed by atoms with van der Waals surface area (Å²) in [7, 11) is -4.23. The highest BCUT2D eigenvalue weighted by atomic mass is 28.4. The van der Waals surface area contributed by atoms with Gasteiger partial charge in [-0.1, -0.05) is 64.5 Å². The lowest BCUT2D eigenvalue weighted by atomic mass is 9.99. The topological polar surface area (TPSA) is 99.6 Å². The number of hydrogen-bond acceptors (Lipinski definition) is 6. The molecule has 1 aromatic carbocycles. The highest BCUT2D eigenvalue weighted by Gasteiger charge is 2.54. The molecule has 38 heavy (non-hydrogen) atoms. The summed E-state index contributed by atoms with van der Waals surface area (Å²) in [6.45, 7) is 18.6. The van der Waals surface area contributed by atoms with Crippen LogP contribution < -0.4 is 11.2 Å². The van der Waals surface area contributed by atoms with E-state index < -0.39 is 51.5 Å². The van der Waals surface area contributed by atoms with Crippen molar-refractivity contribution in [2.75, 3.05) is 6.61 Å². The number of ether oxygens (including phenoxy) is 2. The molecule has 3 atom stereocenters. The highest BCUT2D eigenvalue weighted by molar-refractivity contribution is 6.83. The third-order valence-electron chi connectivity index (χ3n) is 7.06. The third kappa shape index (κ3) is 6.83. The van der Waals surface area contributed by atoms with Gasteiger partial charge >= 0.3 is 11.7 Å². The SMILES string of the molecule is Cc1cn([C@@H]2C[C@@H](O[Si](C)(C)C(C)(C)C)[C@@](C#C[Si](C)(C)C)(COC(=O)c3ccccc3)O2)c(=O)[nH]c1=O. The van der Waals surface area contributed by atoms with Crippen LogP contribution in [0, 0.1) is 18.4 Å². The molecule has 1 N–H and O–H groups in total. The lowest BCUT2D eigenvalue weighted by Crippen LogP contribution is -2.52. The lowest BCUT2D eigenvalue weighted by molar-refractivity contribution is -0.0930. The first-order valence-electron chi connectivity index (χ1n) is 12.9. The summed E-state index contributed by atoms with van der Waals surface area (Å²) < 4.78 is 20.6. The summed E-state index contributed by atoms with van der Waals surface area (Å²) >= 11 is 0. The second-order valence-electron chi connectivity index (χ2n) is 12.5. The molecule has 2 aromatic rings. The Morgan fingerprint density at radius 3 is 2.37 bits per heavy atom. The van der Waals surface area contributed by atoms with Crippen LogP contribution in [0.15, 0.2) is 46.1 Å². The Hall–Kier alpha value is -2.72. The van der Waals surface area contributed by atoms with E-state index in [1.54, 1.807) is 31.2 Å². The van der Waals surface area contributed by atoms with E-state index in [1.165, 1.54) is 10.8 Å². The predicted molar refractivity (Wildman–Crippen MR) is 153 cm³/mol. The van der Waals surface area contributed by atoms with Crippen LogP contribution in [0.3, 0.4) is 0 Å². The lowest BCUT2D eigenvalue weighted by Gasteiger charge is -2.41. The van der Waals surface area contributed by atoms with E-state index in [2.05, 4.69) is 70.0 Å². The quantitative estimate of drug-likeness (QED) is 0.316. The maximum atomic E-state index is 12.9. The Bertz CT molecular complexity index is 1340. The minimum absolute atomic E-state index is 0.102. The number of benzene rings is 1. The highest BCUT2D eigenvalue weighted by Crippen LogP contribution is 2.44. The fourth-order valence-corrected chi connectivity index (χ4v) is 5.72. The molecule has 8 nitrogen and oxygen atoms in total. The van der Waals surface area contributed by atoms with E-state index in [4.69, 9.17) is 13.9 Å². The minimum Gasteiger partial charge on any atom is -0.458 e. The fourth-order valence-electron chi connectivity index (χ4n) is 3.78. The van der Waals surface area contributed by atoms with Crippen molar-refractivity contribution in [2.24, 2.45) is 0 Å². The Labute approximate surface area is 226 Å². The molecule has 0 radical (unpaired) electrons. The van der Waals surface area contributed by atoms with Gasteiger partial charge in [-0.15, -0.1) is 5.54 Å². The van der Waals surface area contributed by atoms with Crippen LogP contribution in [-0.2, 0) is 13.9 Å². The van der Waals surface area contributed by atoms with E-state index >= 15 is 0 Å². The van der Waals surface area contributed by atoms with E-state index in [-0.39, 0.29) is 11.6 Å². The molecular formula is C28H40N2O6Si2. The third-order valence-corrected chi connectivity index (χ3v) is 12.4. The first kappa shape index (κ1) is 29.8. The first-order valence-corrected chi connectivity index (χ1v) is 19.3. The summed E-state index contributed by atoms with van der Waals surface area (Å²) in [5.74, 6) is 2.84. The number of aromatic nitrogens is 2. The molecule has 0 aliphatic carbocycles. The number of carbonyl (C=O) groups is 1. The van der Waals surface area contributed by atoms with Crippen molar-refractivity contribution in [1.29, 1.82) is 0 Å². The number of aromatic amines is 1. The van der Waals surface area contributed by atoms with E-state index in [0.29, 0.717) is 17.5 Å². The van der Waals surface area contributed by atoms with E-state index in [0.717, 1.165) is 0 Å². The van der Waals surface area contributed by atoms with Gasteiger partial charge in [-0.25, -0.2) is 9.59 Å². The van der Waals surface area contributed by atoms with Crippen LogP contribution in [0.25, 0.3) is 0 Å². The molecule has 10 heteroatoms. The van der Waals surface area contributed by atoms with E-state index in [9.17, 15) is 14.4 Å². The first-order chi connectivity index (χ1) is 17.4. The number of carbonyl (C=O) groups excluding carboxylic acids is 1. The standard InChI is InChI=1S/C28H40N2O6Si2/c1-20-18-30(26(33)29-24(20)31)23-17-22(36-38(8,9)27(2,3)4)28(35-23,15-16-37(5,6)7)19-34-25(32)21-13-11-10-12-14-21/h10-14,18,22-23H,17,19H2,1-9H3,(H,29,31,33)/t22-,23+,28-/m1/s1. The molecule has 0 saturated carbocycles. The van der Waals surface area contributed by atoms with Crippen molar-refractivity contribution < 1.29 is 18.7 Å². The van der Waals surface area contributed by atoms with Crippen LogP contribution in [0.4, 0.5) is 0 Å². The van der Waals surface area contributed by atoms with Crippen molar-refractivity contribution in [3.63, 3.8) is 0 Å². The zero-order valence-electron chi connectivity index (χ0n) is 23.9. The van der Waals surface area contributed by atoms with Crippen LogP contribution in [0.1, 0.15) is 49.3 Å². The zero-order valence-corrected chi connectivity index (χ0v) is 25.9. The molecule has 1 aliphatic heterocycles. The van der Waals surface area contributed by atoms with Gasteiger partial charge in [-0.2, -0.15) is 0 Å². The number of nitrogens with zero attached hydrogens (tertiary/aromatic N) is 1. The van der Waals surface area contributed by atoms with Crippen molar-refractivity contribution in [3.8, 4) is 11.5 Å². The number of rotatable bonds is 6. The van der Waals surface area contributed by atoms with Gasteiger partial charge in [0.05, 0.1) is 11.7 Å². The summed E-state index contributed by atoms with van der Waals surface area (Å²) in [5, 5.41) is -0.102. The maximum Gasteiger partial charge on any atom is 0.338 e. The average molecular weight is 557 g/mol. The number of nitrogens with one attached hydrogen (secondary N) is 1. The van der Waals surface area contributed by atoms with Gasteiger partial charge in [0.2, 0.25) is 0 Å². The van der Waals surface area contributed by atoms with Crippen LogP contribution in [0.2, 0.25) is 37.8 Å². The Balaban J connectivity index is 2.10. The second kappa shape index (κ2) is 10.8. The molecule has 206 valence electrons. The largest absolute Gasteiger partial charge is 0.458 e. The van der Waals surface area contributed by atoms with Crippen molar-refractivity contribution in [3.05, 3.63) is 68.5 Å². The van der Waals surface area contributed by atoms with Crippen molar-refractivity contribution in [1.82, 2.24) is 9.55 Å². The Kier molecular flexibility index (Phi) is 8.48. The Morgan fingerprint density at radius 1 is 1.16 bits per heavy atom. The molecular weight excluding hydrogens is 516 g/mol. The van der Waals surface area contributed by atoms with Crippen LogP contribution >= 0.6 is 0 Å². The monoisotopic (exact) mass is 556 g/mol. The Morgan fingerprint density at radius 2 is 1.79 bits per heavy atom. The van der Waals surface area contributed by atoms with Gasteiger partial charge in [0, 0.05) is 18.2 Å². The summed E-state index contributed by atoms with van der Waals surface area (Å²) in [5.41, 5.74) is 1.88. The molecule has 0 spiro atoms. The molecule has 0 amide bonds. The number of esters is 1. The van der Waals surface area contributed by atoms with Crippen LogP contribution in [0.5, 0.6) is 0 Å². The van der Waals surface area contributed by atoms with Gasteiger partial charge in [0.25, 0.3) is 5.56 Å². The molecule has 0 bridgehead atoms. The summed E-state index contributed by atoms with van der Waals surface area (Å²) in [6, 6.07) is 8.75. The molecule has 3 rings (SSSR count). The van der Waals surface area contributed by atoms with Crippen LogP contribution in [-0.4, -0.2) is 50.2 Å². The second-order valence-corrected chi connectivity index (χ2v) is 22.0. The summed E-state index contributed by atoms with van der Waals surface area (Å²) in [6.07, 6.45) is 0.466. The van der Waals surface area contributed by atoms with Gasteiger partial charge in [0.1, 0.15) is 20.9 Å². The van der Waals surface area contributed by atoms with Crippen molar-refractivity contribution in [2.45, 2.75) is 89.8 Å². The van der Waals surface area contributed by atoms with E-state index in [1.807, 2.05) is 6.07 Å². The fraction of sp³-hybridized carbons (Fsp3) is 0.536. The molecule has 1 saturated heterocycles. The normalized spacial score (nSPS) is 22.0. The number of H-pyrrole nitrogens is 1. The molecule has 1 aliphatic rings. The smallest absolute Gasteiger partial charge is 0.338 e. The van der Waals surface area contributed by atoms with Gasteiger partial charge < -0.3 is 13.9 Å². The maximum absolute atomic E-state index is 12.9. The van der Waals surface area contributed by atoms with Gasteiger partial charge in [-0.05, 0) is 37.2 Å². The molecule has 0 unspecified atom stereocenters. The molecule has 1 fully saturated rings. The molecule has 2 heterocycles. The predicted octanol–water partition coefficient (Wildman–Crippen LogP) is 4.63. The van der Waals surface area contributed by atoms with Gasteiger partial charge in [-0.3, -0.25) is 14.3 Å². The van der Waals surface area contributed by atoms with Crippen molar-refractivity contribution >= 4 is 22.4 Å². The zero-order chi connectivity index (χ0) is 28.5. The molecule has 1 aromatic heterocycles. The summed E-state index contributed by atoms with van der Waals surface area (Å²) in [4.78, 5) is 40.1. The minimum atomic E-state index is -2.34. The average Bonchev–Trinajstić information content (AvgIpc) is 3.15.